The number of nitrogens with two attached hydrogens (primary N) is 1. The maximum Gasteiger partial charge on any atom is 0.271 e. The number of hydrogen-bond donors (Lipinski definition) is 2. The first-order chi connectivity index (χ1) is 11.6. The number of carbonyl (C=O) groups excluding carboxylic acids is 1. The molecule has 0 radical (unpaired) electrons. The summed E-state index contributed by atoms with van der Waals surface area (Å²) in [6, 6.07) is 8.08. The third-order valence-electron chi connectivity index (χ3n) is 4.90. The highest BCUT2D eigenvalue weighted by molar-refractivity contribution is 6.30. The Kier molecular flexibility index (Phi) is 5.11. The first kappa shape index (κ1) is 16.9. The van der Waals surface area contributed by atoms with E-state index in [1.807, 2.05) is 18.2 Å². The molecule has 0 spiro atoms. The van der Waals surface area contributed by atoms with Gasteiger partial charge in [-0.05, 0) is 43.4 Å². The highest BCUT2D eigenvalue weighted by Gasteiger charge is 2.36. The van der Waals surface area contributed by atoms with Crippen molar-refractivity contribution in [2.75, 3.05) is 6.54 Å². The summed E-state index contributed by atoms with van der Waals surface area (Å²) >= 11 is 6.14. The van der Waals surface area contributed by atoms with Crippen molar-refractivity contribution in [3.8, 4) is 0 Å². The molecule has 0 bridgehead atoms. The number of benzene rings is 1. The molecule has 0 saturated heterocycles. The van der Waals surface area contributed by atoms with Gasteiger partial charge < -0.3 is 11.1 Å². The van der Waals surface area contributed by atoms with Gasteiger partial charge >= 0.3 is 0 Å². The molecule has 1 aliphatic rings. The smallest absolute Gasteiger partial charge is 0.271 e. The second kappa shape index (κ2) is 7.28. The van der Waals surface area contributed by atoms with Crippen molar-refractivity contribution in [3.05, 3.63) is 59.1 Å². The topological polar surface area (TPSA) is 80.9 Å². The Morgan fingerprint density at radius 2 is 2.12 bits per heavy atom. The molecule has 5 nitrogen and oxygen atoms in total. The Morgan fingerprint density at radius 1 is 1.33 bits per heavy atom. The van der Waals surface area contributed by atoms with E-state index in [1.54, 1.807) is 6.20 Å². The molecule has 1 fully saturated rings. The van der Waals surface area contributed by atoms with Crippen molar-refractivity contribution < 1.29 is 4.79 Å². The normalized spacial score (nSPS) is 23.7. The Balaban J connectivity index is 1.65. The number of nitrogens with zero attached hydrogens (tertiary/aromatic N) is 2. The second-order valence-corrected chi connectivity index (χ2v) is 6.77. The molecule has 1 aromatic heterocycles. The fraction of sp³-hybridized carbons (Fsp3) is 0.389. The highest BCUT2D eigenvalue weighted by atomic mass is 35.5. The van der Waals surface area contributed by atoms with Crippen LogP contribution in [0.15, 0.2) is 42.9 Å². The number of carbonyl (C=O) groups is 1. The summed E-state index contributed by atoms with van der Waals surface area (Å²) in [5.41, 5.74) is 7.59. The van der Waals surface area contributed by atoms with Crippen LogP contribution in [0, 0.1) is 0 Å². The van der Waals surface area contributed by atoms with Gasteiger partial charge in [-0.3, -0.25) is 9.78 Å². The Hall–Kier alpha value is -1.98. The van der Waals surface area contributed by atoms with Crippen LogP contribution in [0.5, 0.6) is 0 Å². The summed E-state index contributed by atoms with van der Waals surface area (Å²) in [5, 5.41) is 3.79. The summed E-state index contributed by atoms with van der Waals surface area (Å²) in [6.45, 7) is 0.582. The van der Waals surface area contributed by atoms with Gasteiger partial charge in [-0.25, -0.2) is 4.98 Å². The van der Waals surface area contributed by atoms with Crippen LogP contribution in [0.25, 0.3) is 0 Å². The van der Waals surface area contributed by atoms with E-state index in [2.05, 4.69) is 21.4 Å². The van der Waals surface area contributed by atoms with Gasteiger partial charge in [0.05, 0.1) is 6.20 Å². The lowest BCUT2D eigenvalue weighted by Gasteiger charge is -2.40. The maximum atomic E-state index is 12.2. The number of nitrogens with one attached hydrogen (secondary N) is 1. The van der Waals surface area contributed by atoms with Gasteiger partial charge in [-0.2, -0.15) is 0 Å². The van der Waals surface area contributed by atoms with E-state index in [4.69, 9.17) is 17.3 Å². The van der Waals surface area contributed by atoms with Crippen LogP contribution >= 0.6 is 11.6 Å². The van der Waals surface area contributed by atoms with E-state index in [1.165, 1.54) is 18.0 Å². The van der Waals surface area contributed by atoms with Crippen molar-refractivity contribution in [3.63, 3.8) is 0 Å². The zero-order valence-electron chi connectivity index (χ0n) is 13.4. The average molecular weight is 345 g/mol. The molecule has 0 aliphatic heterocycles. The molecule has 1 aliphatic carbocycles. The maximum absolute atomic E-state index is 12.2. The van der Waals surface area contributed by atoms with Gasteiger partial charge in [0.25, 0.3) is 5.91 Å². The van der Waals surface area contributed by atoms with Crippen LogP contribution in [0.1, 0.15) is 41.7 Å². The fourth-order valence-electron chi connectivity index (χ4n) is 3.42. The van der Waals surface area contributed by atoms with Crippen molar-refractivity contribution in [1.82, 2.24) is 15.3 Å². The lowest BCUT2D eigenvalue weighted by molar-refractivity contribution is 0.0912. The SMILES string of the molecule is NCC1(c2cccc(Cl)c2)CCC(NC(=O)c2cnccn2)CC1. The highest BCUT2D eigenvalue weighted by Crippen LogP contribution is 2.39. The van der Waals surface area contributed by atoms with Gasteiger partial charge in [0.15, 0.2) is 0 Å². The predicted octanol–water partition coefficient (Wildman–Crippen LogP) is 2.70. The van der Waals surface area contributed by atoms with Gasteiger partial charge in [-0.15, -0.1) is 0 Å². The molecule has 24 heavy (non-hydrogen) atoms. The zero-order chi connectivity index (χ0) is 17.0. The third-order valence-corrected chi connectivity index (χ3v) is 5.14. The van der Waals surface area contributed by atoms with Crippen molar-refractivity contribution in [2.24, 2.45) is 5.73 Å². The number of hydrogen-bond acceptors (Lipinski definition) is 4. The number of aromatic nitrogens is 2. The summed E-state index contributed by atoms with van der Waals surface area (Å²) in [4.78, 5) is 20.2. The molecule has 3 rings (SSSR count). The van der Waals surface area contributed by atoms with Crippen LogP contribution in [0.2, 0.25) is 5.02 Å². The van der Waals surface area contributed by atoms with E-state index in [0.717, 1.165) is 30.7 Å². The minimum absolute atomic E-state index is 0.0569. The monoisotopic (exact) mass is 344 g/mol. The lowest BCUT2D eigenvalue weighted by Crippen LogP contribution is -2.45. The third kappa shape index (κ3) is 3.57. The zero-order valence-corrected chi connectivity index (χ0v) is 14.2. The predicted molar refractivity (Wildman–Crippen MR) is 93.9 cm³/mol. The molecule has 0 atom stereocenters. The molecule has 1 amide bonds. The van der Waals surface area contributed by atoms with E-state index in [9.17, 15) is 4.79 Å². The van der Waals surface area contributed by atoms with E-state index in [0.29, 0.717) is 12.2 Å². The van der Waals surface area contributed by atoms with Gasteiger partial charge in [0.2, 0.25) is 0 Å². The van der Waals surface area contributed by atoms with E-state index < -0.39 is 0 Å². The summed E-state index contributed by atoms with van der Waals surface area (Å²) in [5.74, 6) is -0.170. The Morgan fingerprint density at radius 3 is 2.75 bits per heavy atom. The minimum atomic E-state index is -0.170. The summed E-state index contributed by atoms with van der Waals surface area (Å²) in [7, 11) is 0. The largest absolute Gasteiger partial charge is 0.348 e. The quantitative estimate of drug-likeness (QED) is 0.893. The number of amides is 1. The first-order valence-electron chi connectivity index (χ1n) is 8.16. The second-order valence-electron chi connectivity index (χ2n) is 6.33. The molecule has 2 aromatic rings. The standard InChI is InChI=1S/C18H21ClN4O/c19-14-3-1-2-13(10-14)18(12-20)6-4-15(5-7-18)23-17(24)16-11-21-8-9-22-16/h1-3,8-11,15H,4-7,12,20H2,(H,23,24). The molecule has 6 heteroatoms. The van der Waals surface area contributed by atoms with Crippen LogP contribution in [-0.4, -0.2) is 28.5 Å². The fourth-order valence-corrected chi connectivity index (χ4v) is 3.61. The Bertz CT molecular complexity index is 699. The van der Waals surface area contributed by atoms with Crippen molar-refractivity contribution in [2.45, 2.75) is 37.1 Å². The summed E-state index contributed by atoms with van der Waals surface area (Å²) in [6.07, 6.45) is 8.18. The molecular weight excluding hydrogens is 324 g/mol. The Labute approximate surface area is 146 Å². The van der Waals surface area contributed by atoms with Crippen molar-refractivity contribution in [1.29, 1.82) is 0 Å². The minimum Gasteiger partial charge on any atom is -0.348 e. The van der Waals surface area contributed by atoms with Crippen LogP contribution in [0.3, 0.4) is 0 Å². The molecule has 1 aromatic carbocycles. The van der Waals surface area contributed by atoms with Crippen molar-refractivity contribution >= 4 is 17.5 Å². The molecule has 126 valence electrons. The molecule has 3 N–H and O–H groups in total. The molecule has 0 unspecified atom stereocenters. The van der Waals surface area contributed by atoms with Gasteiger partial charge in [0, 0.05) is 35.4 Å². The molecular formula is C18H21ClN4O. The van der Waals surface area contributed by atoms with Crippen LogP contribution in [0.4, 0.5) is 0 Å². The van der Waals surface area contributed by atoms with Crippen LogP contribution in [-0.2, 0) is 5.41 Å². The van der Waals surface area contributed by atoms with Gasteiger partial charge in [-0.1, -0.05) is 23.7 Å². The number of rotatable bonds is 4. The average Bonchev–Trinajstić information content (AvgIpc) is 2.63. The lowest BCUT2D eigenvalue weighted by atomic mass is 9.68. The molecule has 1 heterocycles. The van der Waals surface area contributed by atoms with E-state index >= 15 is 0 Å². The molecule has 1 saturated carbocycles. The van der Waals surface area contributed by atoms with E-state index in [-0.39, 0.29) is 17.4 Å². The van der Waals surface area contributed by atoms with Crippen LogP contribution < -0.4 is 11.1 Å². The summed E-state index contributed by atoms with van der Waals surface area (Å²) < 4.78 is 0. The van der Waals surface area contributed by atoms with Gasteiger partial charge in [0.1, 0.15) is 5.69 Å². The number of halogens is 1. The first-order valence-corrected chi connectivity index (χ1v) is 8.54.